The van der Waals surface area contributed by atoms with Crippen LogP contribution in [-0.4, -0.2) is 18.3 Å². The first-order valence-electron chi connectivity index (χ1n) is 7.64. The Morgan fingerprint density at radius 1 is 0.900 bits per heavy atom. The Bertz CT molecular complexity index is 501. The van der Waals surface area contributed by atoms with Crippen molar-refractivity contribution >= 4 is 7.12 Å². The summed E-state index contributed by atoms with van der Waals surface area (Å²) < 4.78 is 12.4. The van der Waals surface area contributed by atoms with Gasteiger partial charge in [0.15, 0.2) is 0 Å². The molecule has 0 aromatic heterocycles. The molecule has 0 saturated carbocycles. The Balaban J connectivity index is 1.80. The highest BCUT2D eigenvalue weighted by Crippen LogP contribution is 2.44. The quantitative estimate of drug-likeness (QED) is 0.723. The minimum absolute atomic E-state index is 0.0759. The molecular weight excluding hydrogens is 247 g/mol. The lowest BCUT2D eigenvalue weighted by Crippen LogP contribution is -2.41. The van der Waals surface area contributed by atoms with Crippen molar-refractivity contribution in [1.29, 1.82) is 0 Å². The Kier molecular flexibility index (Phi) is 3.08. The molecule has 0 bridgehead atoms. The van der Waals surface area contributed by atoms with Gasteiger partial charge in [-0.05, 0) is 76.6 Å². The van der Waals surface area contributed by atoms with E-state index < -0.39 is 0 Å². The zero-order chi connectivity index (χ0) is 14.7. The average molecular weight is 272 g/mol. The van der Waals surface area contributed by atoms with Crippen molar-refractivity contribution in [3.8, 4) is 0 Å². The van der Waals surface area contributed by atoms with Crippen LogP contribution in [0.4, 0.5) is 0 Å². The van der Waals surface area contributed by atoms with Crippen LogP contribution >= 0.6 is 0 Å². The van der Waals surface area contributed by atoms with Crippen molar-refractivity contribution in [2.45, 2.75) is 71.4 Å². The molecule has 1 aromatic rings. The minimum atomic E-state index is -0.224. The minimum Gasteiger partial charge on any atom is -0.403 e. The summed E-state index contributed by atoms with van der Waals surface area (Å²) in [6, 6.07) is 4.69. The highest BCUT2D eigenvalue weighted by atomic mass is 16.7. The fourth-order valence-electron chi connectivity index (χ4n) is 3.23. The number of hydrogen-bond donors (Lipinski definition) is 0. The smallest absolute Gasteiger partial charge is 0.403 e. The van der Waals surface area contributed by atoms with Gasteiger partial charge >= 0.3 is 7.12 Å². The molecule has 108 valence electrons. The van der Waals surface area contributed by atoms with E-state index in [0.29, 0.717) is 5.82 Å². The van der Waals surface area contributed by atoms with Gasteiger partial charge < -0.3 is 9.31 Å². The van der Waals surface area contributed by atoms with Gasteiger partial charge in [0.2, 0.25) is 0 Å². The second-order valence-corrected chi connectivity index (χ2v) is 7.50. The summed E-state index contributed by atoms with van der Waals surface area (Å²) in [6.07, 6.45) is 2.15. The molecule has 0 amide bonds. The van der Waals surface area contributed by atoms with Crippen molar-refractivity contribution in [3.05, 3.63) is 34.4 Å². The molecule has 2 aliphatic rings. The molecule has 1 heterocycles. The normalized spacial score (nSPS) is 24.2. The third kappa shape index (κ3) is 2.12. The molecule has 0 radical (unpaired) electrons. The van der Waals surface area contributed by atoms with Gasteiger partial charge in [-0.25, -0.2) is 0 Å². The van der Waals surface area contributed by atoms with Crippen molar-refractivity contribution in [2.75, 3.05) is 0 Å². The van der Waals surface area contributed by atoms with Crippen LogP contribution in [0.5, 0.6) is 0 Å². The first kappa shape index (κ1) is 14.2. The van der Waals surface area contributed by atoms with E-state index in [-0.39, 0.29) is 18.3 Å². The molecule has 1 fully saturated rings. The van der Waals surface area contributed by atoms with Crippen molar-refractivity contribution in [3.63, 3.8) is 0 Å². The Morgan fingerprint density at radius 2 is 1.30 bits per heavy atom. The van der Waals surface area contributed by atoms with E-state index in [1.165, 1.54) is 22.3 Å². The third-order valence-corrected chi connectivity index (χ3v) is 5.44. The third-order valence-electron chi connectivity index (χ3n) is 5.44. The Morgan fingerprint density at radius 3 is 1.70 bits per heavy atom. The van der Waals surface area contributed by atoms with Gasteiger partial charge in [-0.2, -0.15) is 0 Å². The predicted molar refractivity (Wildman–Crippen MR) is 83.2 cm³/mol. The molecule has 1 aliphatic carbocycles. The van der Waals surface area contributed by atoms with Crippen LogP contribution in [0.3, 0.4) is 0 Å². The average Bonchev–Trinajstić information content (AvgIpc) is 2.79. The fraction of sp³-hybridized carbons (Fsp3) is 0.647. The van der Waals surface area contributed by atoms with Crippen LogP contribution in [0, 0.1) is 13.8 Å². The van der Waals surface area contributed by atoms with E-state index in [9.17, 15) is 0 Å². The summed E-state index contributed by atoms with van der Waals surface area (Å²) in [7, 11) is -0.0759. The maximum atomic E-state index is 6.22. The van der Waals surface area contributed by atoms with Crippen LogP contribution < -0.4 is 0 Å². The number of fused-ring (bicyclic) bond motifs is 1. The molecule has 0 N–H and O–H groups in total. The summed E-state index contributed by atoms with van der Waals surface area (Å²) in [4.78, 5) is 0. The number of rotatable bonds is 1. The summed E-state index contributed by atoms with van der Waals surface area (Å²) >= 11 is 0. The maximum Gasteiger partial charge on any atom is 0.461 e. The molecule has 0 spiro atoms. The van der Waals surface area contributed by atoms with E-state index in [2.05, 4.69) is 53.7 Å². The first-order chi connectivity index (χ1) is 9.19. The van der Waals surface area contributed by atoms with Gasteiger partial charge in [0.25, 0.3) is 0 Å². The van der Waals surface area contributed by atoms with E-state index >= 15 is 0 Å². The predicted octanol–water partition coefficient (Wildman–Crippen LogP) is 3.86. The highest BCUT2D eigenvalue weighted by molar-refractivity contribution is 6.47. The van der Waals surface area contributed by atoms with E-state index in [0.717, 1.165) is 12.8 Å². The van der Waals surface area contributed by atoms with E-state index in [1.807, 2.05) is 0 Å². The molecule has 1 aromatic carbocycles. The molecule has 1 aliphatic heterocycles. The molecule has 20 heavy (non-hydrogen) atoms. The van der Waals surface area contributed by atoms with Crippen LogP contribution in [-0.2, 0) is 22.2 Å². The largest absolute Gasteiger partial charge is 0.461 e. The fourth-order valence-corrected chi connectivity index (χ4v) is 3.23. The lowest BCUT2D eigenvalue weighted by Gasteiger charge is -2.32. The Labute approximate surface area is 123 Å². The van der Waals surface area contributed by atoms with Gasteiger partial charge in [-0.1, -0.05) is 12.1 Å². The topological polar surface area (TPSA) is 18.5 Å². The number of aryl methyl sites for hydroxylation is 2. The van der Waals surface area contributed by atoms with Gasteiger partial charge in [0.05, 0.1) is 11.2 Å². The van der Waals surface area contributed by atoms with E-state index in [4.69, 9.17) is 9.31 Å². The van der Waals surface area contributed by atoms with Gasteiger partial charge in [-0.15, -0.1) is 0 Å². The summed E-state index contributed by atoms with van der Waals surface area (Å²) in [5.74, 6) is 0.451. The molecule has 0 atom stereocenters. The number of hydrogen-bond acceptors (Lipinski definition) is 2. The maximum absolute atomic E-state index is 6.22. The molecule has 3 heteroatoms. The van der Waals surface area contributed by atoms with Crippen molar-refractivity contribution in [1.82, 2.24) is 0 Å². The second-order valence-electron chi connectivity index (χ2n) is 7.50. The molecule has 3 rings (SSSR count). The van der Waals surface area contributed by atoms with Crippen molar-refractivity contribution in [2.24, 2.45) is 0 Å². The zero-order valence-corrected chi connectivity index (χ0v) is 13.5. The highest BCUT2D eigenvalue weighted by Gasteiger charge is 2.54. The van der Waals surface area contributed by atoms with Crippen molar-refractivity contribution < 1.29 is 9.31 Å². The monoisotopic (exact) mass is 272 g/mol. The zero-order valence-electron chi connectivity index (χ0n) is 13.5. The lowest BCUT2D eigenvalue weighted by molar-refractivity contribution is 0.00578. The SMILES string of the molecule is Cc1cc2c(cc1C)CC(B1OC(C)(C)C(C)(C)O1)C2. The van der Waals surface area contributed by atoms with Gasteiger partial charge in [-0.3, -0.25) is 0 Å². The van der Waals surface area contributed by atoms with Crippen LogP contribution in [0.2, 0.25) is 5.82 Å². The van der Waals surface area contributed by atoms with Crippen LogP contribution in [0.15, 0.2) is 12.1 Å². The first-order valence-corrected chi connectivity index (χ1v) is 7.64. The van der Waals surface area contributed by atoms with E-state index in [1.54, 1.807) is 0 Å². The second kappa shape index (κ2) is 4.35. The lowest BCUT2D eigenvalue weighted by atomic mass is 9.70. The summed E-state index contributed by atoms with van der Waals surface area (Å²) in [5, 5.41) is 0. The molecule has 0 unspecified atom stereocenters. The Hall–Kier alpha value is -0.795. The van der Waals surface area contributed by atoms with Crippen LogP contribution in [0.1, 0.15) is 49.9 Å². The summed E-state index contributed by atoms with van der Waals surface area (Å²) in [6.45, 7) is 12.9. The summed E-state index contributed by atoms with van der Waals surface area (Å²) in [5.41, 5.74) is 5.29. The molecule has 2 nitrogen and oxygen atoms in total. The van der Waals surface area contributed by atoms with Gasteiger partial charge in [0.1, 0.15) is 0 Å². The molecule has 1 saturated heterocycles. The standard InChI is InChI=1S/C17H25BO2/c1-11-7-13-9-15(10-14(13)8-12(11)2)18-19-16(3,4)17(5,6)20-18/h7-8,15H,9-10H2,1-6H3. The number of benzene rings is 1. The van der Waals surface area contributed by atoms with Crippen LogP contribution in [0.25, 0.3) is 0 Å². The van der Waals surface area contributed by atoms with Gasteiger partial charge in [0, 0.05) is 5.82 Å². The molecular formula is C17H25BO2.